The molecule has 5 nitrogen and oxygen atoms in total. The molecule has 0 saturated carbocycles. The first-order chi connectivity index (χ1) is 9.60. The Morgan fingerprint density at radius 3 is 2.85 bits per heavy atom. The number of aryl methyl sites for hydroxylation is 1. The number of aromatic nitrogens is 2. The third kappa shape index (κ3) is 2.86. The van der Waals surface area contributed by atoms with Crippen LogP contribution in [0.4, 0.5) is 0 Å². The number of rotatable bonds is 5. The van der Waals surface area contributed by atoms with Crippen LogP contribution in [0.25, 0.3) is 5.65 Å². The molecule has 1 atom stereocenters. The van der Waals surface area contributed by atoms with Crippen LogP contribution in [0.2, 0.25) is 0 Å². The van der Waals surface area contributed by atoms with Crippen molar-refractivity contribution in [3.05, 3.63) is 34.2 Å². The quantitative estimate of drug-likeness (QED) is 0.877. The molecule has 1 amide bonds. The van der Waals surface area contributed by atoms with Gasteiger partial charge in [-0.2, -0.15) is 0 Å². The Labute approximate surface area is 126 Å². The molecule has 0 aliphatic heterocycles. The number of pyridine rings is 1. The number of halogens is 1. The lowest BCUT2D eigenvalue weighted by Gasteiger charge is -2.14. The SMILES string of the molecule is CCc1nc2ccc(Br)cn2c1C(=O)NC(CC)CO. The van der Waals surface area contributed by atoms with E-state index in [1.807, 2.05) is 32.2 Å². The Kier molecular flexibility index (Phi) is 4.77. The molecule has 0 saturated heterocycles. The number of hydrogen-bond donors (Lipinski definition) is 2. The predicted octanol–water partition coefficient (Wildman–Crippen LogP) is 2.16. The first-order valence-electron chi connectivity index (χ1n) is 6.68. The maximum absolute atomic E-state index is 12.4. The molecule has 6 heteroatoms. The standard InChI is InChI=1S/C14H18BrN3O2/c1-3-10(8-19)16-14(20)13-11(4-2)17-12-6-5-9(15)7-18(12)13/h5-7,10,19H,3-4,8H2,1-2H3,(H,16,20). The van der Waals surface area contributed by atoms with Gasteiger partial charge in [0.2, 0.25) is 0 Å². The van der Waals surface area contributed by atoms with Gasteiger partial charge in [0.05, 0.1) is 18.3 Å². The van der Waals surface area contributed by atoms with E-state index in [1.165, 1.54) is 0 Å². The van der Waals surface area contributed by atoms with Crippen LogP contribution < -0.4 is 5.32 Å². The zero-order valence-corrected chi connectivity index (χ0v) is 13.1. The minimum absolute atomic E-state index is 0.0653. The summed E-state index contributed by atoms with van der Waals surface area (Å²) in [7, 11) is 0. The van der Waals surface area contributed by atoms with Crippen molar-refractivity contribution in [1.82, 2.24) is 14.7 Å². The first kappa shape index (κ1) is 15.0. The molecule has 2 aromatic rings. The summed E-state index contributed by atoms with van der Waals surface area (Å²) in [6.45, 7) is 3.83. The summed E-state index contributed by atoms with van der Waals surface area (Å²) in [6.07, 6.45) is 3.19. The van der Waals surface area contributed by atoms with Crippen LogP contribution in [0.3, 0.4) is 0 Å². The molecule has 20 heavy (non-hydrogen) atoms. The van der Waals surface area contributed by atoms with Crippen LogP contribution in [-0.4, -0.2) is 33.0 Å². The van der Waals surface area contributed by atoms with Gasteiger partial charge in [-0.1, -0.05) is 13.8 Å². The highest BCUT2D eigenvalue weighted by Gasteiger charge is 2.20. The van der Waals surface area contributed by atoms with E-state index in [0.29, 0.717) is 18.5 Å². The molecule has 0 aromatic carbocycles. The lowest BCUT2D eigenvalue weighted by molar-refractivity contribution is 0.0908. The van der Waals surface area contributed by atoms with Crippen molar-refractivity contribution < 1.29 is 9.90 Å². The summed E-state index contributed by atoms with van der Waals surface area (Å²) in [5.41, 5.74) is 2.04. The van der Waals surface area contributed by atoms with E-state index < -0.39 is 0 Å². The number of nitrogens with one attached hydrogen (secondary N) is 1. The fourth-order valence-corrected chi connectivity index (χ4v) is 2.42. The van der Waals surface area contributed by atoms with Gasteiger partial charge in [-0.25, -0.2) is 4.98 Å². The largest absolute Gasteiger partial charge is 0.394 e. The fraction of sp³-hybridized carbons (Fsp3) is 0.429. The van der Waals surface area contributed by atoms with E-state index >= 15 is 0 Å². The van der Waals surface area contributed by atoms with Crippen molar-refractivity contribution in [2.75, 3.05) is 6.61 Å². The summed E-state index contributed by atoms with van der Waals surface area (Å²) in [6, 6.07) is 3.53. The van der Waals surface area contributed by atoms with E-state index in [2.05, 4.69) is 26.2 Å². The van der Waals surface area contributed by atoms with Crippen molar-refractivity contribution in [1.29, 1.82) is 0 Å². The van der Waals surface area contributed by atoms with Crippen LogP contribution >= 0.6 is 15.9 Å². The first-order valence-corrected chi connectivity index (χ1v) is 7.48. The molecule has 2 N–H and O–H groups in total. The lowest BCUT2D eigenvalue weighted by atomic mass is 10.2. The highest BCUT2D eigenvalue weighted by Crippen LogP contribution is 2.18. The van der Waals surface area contributed by atoms with Gasteiger partial charge >= 0.3 is 0 Å². The monoisotopic (exact) mass is 339 g/mol. The molecule has 0 spiro atoms. The third-order valence-electron chi connectivity index (χ3n) is 3.25. The van der Waals surface area contributed by atoms with Crippen molar-refractivity contribution in [2.24, 2.45) is 0 Å². The average Bonchev–Trinajstić information content (AvgIpc) is 2.82. The van der Waals surface area contributed by atoms with Crippen LogP contribution in [0.15, 0.2) is 22.8 Å². The zero-order chi connectivity index (χ0) is 14.7. The number of carbonyl (C=O) groups is 1. The van der Waals surface area contributed by atoms with Gasteiger partial charge in [-0.3, -0.25) is 9.20 Å². The number of amides is 1. The normalized spacial score (nSPS) is 12.6. The van der Waals surface area contributed by atoms with Gasteiger partial charge in [0, 0.05) is 10.7 Å². The van der Waals surface area contributed by atoms with Gasteiger partial charge < -0.3 is 10.4 Å². The Hall–Kier alpha value is -1.40. The summed E-state index contributed by atoms with van der Waals surface area (Å²) < 4.78 is 2.66. The van der Waals surface area contributed by atoms with Gasteiger partial charge in [0.15, 0.2) is 0 Å². The van der Waals surface area contributed by atoms with E-state index in [4.69, 9.17) is 0 Å². The molecular weight excluding hydrogens is 322 g/mol. The van der Waals surface area contributed by atoms with Crippen LogP contribution in [0.5, 0.6) is 0 Å². The smallest absolute Gasteiger partial charge is 0.270 e. The van der Waals surface area contributed by atoms with E-state index in [9.17, 15) is 9.90 Å². The number of nitrogens with zero attached hydrogens (tertiary/aromatic N) is 2. The number of fused-ring (bicyclic) bond motifs is 1. The second-order valence-corrected chi connectivity index (χ2v) is 5.51. The van der Waals surface area contributed by atoms with Crippen molar-refractivity contribution in [2.45, 2.75) is 32.7 Å². The summed E-state index contributed by atoms with van der Waals surface area (Å²) in [4.78, 5) is 16.9. The second kappa shape index (κ2) is 6.37. The van der Waals surface area contributed by atoms with E-state index in [-0.39, 0.29) is 18.6 Å². The minimum Gasteiger partial charge on any atom is -0.394 e. The van der Waals surface area contributed by atoms with Crippen LogP contribution in [0, 0.1) is 0 Å². The van der Waals surface area contributed by atoms with Gasteiger partial charge in [0.1, 0.15) is 11.3 Å². The van der Waals surface area contributed by atoms with Gasteiger partial charge in [-0.05, 0) is 40.9 Å². The van der Waals surface area contributed by atoms with Gasteiger partial charge in [0.25, 0.3) is 5.91 Å². The Bertz CT molecular complexity index is 620. The Morgan fingerprint density at radius 1 is 1.50 bits per heavy atom. The van der Waals surface area contributed by atoms with Crippen molar-refractivity contribution in [3.8, 4) is 0 Å². The third-order valence-corrected chi connectivity index (χ3v) is 3.72. The van der Waals surface area contributed by atoms with E-state index in [1.54, 1.807) is 4.40 Å². The molecule has 2 aromatic heterocycles. The molecule has 0 radical (unpaired) electrons. The van der Waals surface area contributed by atoms with Crippen molar-refractivity contribution in [3.63, 3.8) is 0 Å². The highest BCUT2D eigenvalue weighted by atomic mass is 79.9. The summed E-state index contributed by atoms with van der Waals surface area (Å²) in [5, 5.41) is 12.1. The number of aliphatic hydroxyl groups is 1. The summed E-state index contributed by atoms with van der Waals surface area (Å²) >= 11 is 3.40. The molecule has 0 bridgehead atoms. The van der Waals surface area contributed by atoms with E-state index in [0.717, 1.165) is 15.8 Å². The average molecular weight is 340 g/mol. The minimum atomic E-state index is -0.232. The second-order valence-electron chi connectivity index (χ2n) is 4.60. The molecule has 0 aliphatic carbocycles. The van der Waals surface area contributed by atoms with Gasteiger partial charge in [-0.15, -0.1) is 0 Å². The maximum atomic E-state index is 12.4. The molecule has 0 aliphatic rings. The zero-order valence-electron chi connectivity index (χ0n) is 11.6. The number of carbonyl (C=O) groups excluding carboxylic acids is 1. The molecular formula is C14H18BrN3O2. The molecule has 1 unspecified atom stereocenters. The van der Waals surface area contributed by atoms with Crippen molar-refractivity contribution >= 4 is 27.5 Å². The number of aliphatic hydroxyl groups excluding tert-OH is 1. The predicted molar refractivity (Wildman–Crippen MR) is 80.9 cm³/mol. The van der Waals surface area contributed by atoms with Crippen LogP contribution in [-0.2, 0) is 6.42 Å². The number of imidazole rings is 1. The fourth-order valence-electron chi connectivity index (χ4n) is 2.08. The number of hydrogen-bond acceptors (Lipinski definition) is 3. The maximum Gasteiger partial charge on any atom is 0.270 e. The topological polar surface area (TPSA) is 66.6 Å². The Morgan fingerprint density at radius 2 is 2.25 bits per heavy atom. The summed E-state index contributed by atoms with van der Waals surface area (Å²) in [5.74, 6) is -0.201. The van der Waals surface area contributed by atoms with Crippen LogP contribution in [0.1, 0.15) is 36.5 Å². The molecule has 0 fully saturated rings. The lowest BCUT2D eigenvalue weighted by Crippen LogP contribution is -2.37. The molecule has 2 rings (SSSR count). The highest BCUT2D eigenvalue weighted by molar-refractivity contribution is 9.10. The molecule has 2 heterocycles. The molecule has 108 valence electrons. The Balaban J connectivity index is 2.45.